The number of hydrogen-bond donors (Lipinski definition) is 2. The largest absolute Gasteiger partial charge is 0.381 e. The number of halogens is 1. The van der Waals surface area contributed by atoms with Crippen LogP contribution < -0.4 is 10.6 Å². The van der Waals surface area contributed by atoms with Crippen LogP contribution in [0.25, 0.3) is 5.69 Å². The molecule has 0 aliphatic heterocycles. The highest BCUT2D eigenvalue weighted by molar-refractivity contribution is 14.0. The van der Waals surface area contributed by atoms with Crippen LogP contribution in [0, 0.1) is 0 Å². The van der Waals surface area contributed by atoms with Crippen molar-refractivity contribution in [3.05, 3.63) is 42.5 Å². The van der Waals surface area contributed by atoms with Gasteiger partial charge in [0, 0.05) is 32.0 Å². The van der Waals surface area contributed by atoms with Crippen molar-refractivity contribution in [3.8, 4) is 5.69 Å². The fourth-order valence-electron chi connectivity index (χ4n) is 2.39. The van der Waals surface area contributed by atoms with Crippen LogP contribution in [-0.2, 0) is 11.3 Å². The summed E-state index contributed by atoms with van der Waals surface area (Å²) in [6, 6.07) is 10.0. The van der Waals surface area contributed by atoms with Gasteiger partial charge in [0.2, 0.25) is 0 Å². The average molecular weight is 486 g/mol. The Balaban J connectivity index is 0.00000364. The normalized spacial score (nSPS) is 11.1. The van der Waals surface area contributed by atoms with Gasteiger partial charge in [0.25, 0.3) is 0 Å². The van der Waals surface area contributed by atoms with Gasteiger partial charge < -0.3 is 15.4 Å². The van der Waals surface area contributed by atoms with Crippen LogP contribution in [-0.4, -0.2) is 47.0 Å². The quantitative estimate of drug-likeness (QED) is 0.221. The molecule has 0 atom stereocenters. The molecule has 0 spiro atoms. The van der Waals surface area contributed by atoms with Crippen molar-refractivity contribution in [2.45, 2.75) is 39.7 Å². The summed E-state index contributed by atoms with van der Waals surface area (Å²) in [4.78, 5) is 4.62. The van der Waals surface area contributed by atoms with E-state index in [0.29, 0.717) is 6.54 Å². The Morgan fingerprint density at radius 2 is 1.89 bits per heavy atom. The Morgan fingerprint density at radius 1 is 1.11 bits per heavy atom. The molecule has 7 nitrogen and oxygen atoms in total. The van der Waals surface area contributed by atoms with E-state index in [-0.39, 0.29) is 24.0 Å². The second kappa shape index (κ2) is 14.4. The second-order valence-corrected chi connectivity index (χ2v) is 5.89. The highest BCUT2D eigenvalue weighted by Gasteiger charge is 2.06. The maximum atomic E-state index is 5.58. The molecule has 8 heteroatoms. The summed E-state index contributed by atoms with van der Waals surface area (Å²) in [6.45, 7) is 7.93. The summed E-state index contributed by atoms with van der Waals surface area (Å²) in [7, 11) is 0. The van der Waals surface area contributed by atoms with Crippen LogP contribution >= 0.6 is 24.0 Å². The molecular weight excluding hydrogens is 455 g/mol. The Labute approximate surface area is 179 Å². The SMILES string of the molecule is CCCCOCCCNC(=NCc1nncn1-c1ccccc1)NCC.I. The lowest BCUT2D eigenvalue weighted by atomic mass is 10.3. The maximum absolute atomic E-state index is 5.58. The molecule has 0 fully saturated rings. The predicted octanol–water partition coefficient (Wildman–Crippen LogP) is 3.15. The lowest BCUT2D eigenvalue weighted by Crippen LogP contribution is -2.38. The van der Waals surface area contributed by atoms with E-state index in [1.165, 1.54) is 6.42 Å². The van der Waals surface area contributed by atoms with Crippen molar-refractivity contribution >= 4 is 29.9 Å². The molecular formula is C19H31IN6O. The van der Waals surface area contributed by atoms with Gasteiger partial charge in [-0.3, -0.25) is 4.57 Å². The average Bonchev–Trinajstić information content (AvgIpc) is 3.14. The first-order valence-electron chi connectivity index (χ1n) is 9.39. The second-order valence-electron chi connectivity index (χ2n) is 5.89. The summed E-state index contributed by atoms with van der Waals surface area (Å²) in [5.41, 5.74) is 1.03. The van der Waals surface area contributed by atoms with Crippen molar-refractivity contribution in [1.29, 1.82) is 0 Å². The van der Waals surface area contributed by atoms with Crippen LogP contribution in [0.2, 0.25) is 0 Å². The number of rotatable bonds is 11. The molecule has 27 heavy (non-hydrogen) atoms. The molecule has 0 aliphatic rings. The van der Waals surface area contributed by atoms with Crippen LogP contribution in [0.15, 0.2) is 41.7 Å². The number of guanidine groups is 1. The van der Waals surface area contributed by atoms with Crippen LogP contribution in [0.3, 0.4) is 0 Å². The van der Waals surface area contributed by atoms with Gasteiger partial charge in [-0.1, -0.05) is 31.5 Å². The van der Waals surface area contributed by atoms with E-state index < -0.39 is 0 Å². The molecule has 1 aromatic carbocycles. The Hall–Kier alpha value is -1.68. The van der Waals surface area contributed by atoms with Crippen molar-refractivity contribution in [1.82, 2.24) is 25.4 Å². The van der Waals surface area contributed by atoms with Crippen LogP contribution in [0.5, 0.6) is 0 Å². The minimum atomic E-state index is 0. The number of aromatic nitrogens is 3. The highest BCUT2D eigenvalue weighted by Crippen LogP contribution is 2.09. The summed E-state index contributed by atoms with van der Waals surface area (Å²) in [5.74, 6) is 1.58. The summed E-state index contributed by atoms with van der Waals surface area (Å²) < 4.78 is 7.53. The Morgan fingerprint density at radius 3 is 2.63 bits per heavy atom. The number of aliphatic imine (C=N–C) groups is 1. The summed E-state index contributed by atoms with van der Waals surface area (Å²) in [6.07, 6.45) is 4.96. The third kappa shape index (κ3) is 8.70. The number of ether oxygens (including phenoxy) is 1. The number of nitrogens with zero attached hydrogens (tertiary/aromatic N) is 4. The van der Waals surface area contributed by atoms with E-state index in [0.717, 1.165) is 56.6 Å². The van der Waals surface area contributed by atoms with E-state index in [2.05, 4.69) is 39.7 Å². The smallest absolute Gasteiger partial charge is 0.191 e. The molecule has 2 rings (SSSR count). The zero-order chi connectivity index (χ0) is 18.5. The van der Waals surface area contributed by atoms with E-state index >= 15 is 0 Å². The predicted molar refractivity (Wildman–Crippen MR) is 120 cm³/mol. The third-order valence-electron chi connectivity index (χ3n) is 3.78. The molecule has 1 heterocycles. The molecule has 0 bridgehead atoms. The zero-order valence-corrected chi connectivity index (χ0v) is 18.6. The minimum Gasteiger partial charge on any atom is -0.381 e. The molecule has 2 N–H and O–H groups in total. The fourth-order valence-corrected chi connectivity index (χ4v) is 2.39. The van der Waals surface area contributed by atoms with E-state index in [9.17, 15) is 0 Å². The molecule has 0 amide bonds. The van der Waals surface area contributed by atoms with Crippen molar-refractivity contribution < 1.29 is 4.74 Å². The molecule has 0 saturated heterocycles. The monoisotopic (exact) mass is 486 g/mol. The van der Waals surface area contributed by atoms with Gasteiger partial charge in [-0.25, -0.2) is 4.99 Å². The minimum absolute atomic E-state index is 0. The van der Waals surface area contributed by atoms with Gasteiger partial charge in [-0.2, -0.15) is 0 Å². The first-order chi connectivity index (χ1) is 12.8. The van der Waals surface area contributed by atoms with Gasteiger partial charge in [0.15, 0.2) is 11.8 Å². The van der Waals surface area contributed by atoms with Crippen LogP contribution in [0.1, 0.15) is 38.9 Å². The number of unbranched alkanes of at least 4 members (excludes halogenated alkanes) is 1. The number of hydrogen-bond acceptors (Lipinski definition) is 4. The lowest BCUT2D eigenvalue weighted by Gasteiger charge is -2.11. The van der Waals surface area contributed by atoms with Crippen molar-refractivity contribution in [2.24, 2.45) is 4.99 Å². The highest BCUT2D eigenvalue weighted by atomic mass is 127. The Kier molecular flexibility index (Phi) is 12.4. The van der Waals surface area contributed by atoms with Gasteiger partial charge >= 0.3 is 0 Å². The molecule has 1 aromatic heterocycles. The maximum Gasteiger partial charge on any atom is 0.191 e. The molecule has 0 unspecified atom stereocenters. The lowest BCUT2D eigenvalue weighted by molar-refractivity contribution is 0.129. The first-order valence-corrected chi connectivity index (χ1v) is 9.39. The van der Waals surface area contributed by atoms with Gasteiger partial charge in [0.05, 0.1) is 0 Å². The summed E-state index contributed by atoms with van der Waals surface area (Å²) >= 11 is 0. The standard InChI is InChI=1S/C19H30N6O.HI/c1-3-5-13-26-14-9-12-21-19(20-4-2)22-15-18-24-23-16-25(18)17-10-7-6-8-11-17;/h6-8,10-11,16H,3-5,9,12-15H2,1-2H3,(H2,20,21,22);1H. The van der Waals surface area contributed by atoms with Gasteiger partial charge in [-0.15, -0.1) is 34.2 Å². The Bertz CT molecular complexity index is 647. The molecule has 0 saturated carbocycles. The van der Waals surface area contributed by atoms with E-state index in [1.807, 2.05) is 34.9 Å². The topological polar surface area (TPSA) is 76.4 Å². The fraction of sp³-hybridized carbons (Fsp3) is 0.526. The number of para-hydroxylation sites is 1. The summed E-state index contributed by atoms with van der Waals surface area (Å²) in [5, 5.41) is 14.8. The van der Waals surface area contributed by atoms with Crippen molar-refractivity contribution in [2.75, 3.05) is 26.3 Å². The number of nitrogens with one attached hydrogen (secondary N) is 2. The molecule has 2 aromatic rings. The third-order valence-corrected chi connectivity index (χ3v) is 3.78. The van der Waals surface area contributed by atoms with E-state index in [4.69, 9.17) is 4.74 Å². The first kappa shape index (κ1) is 23.4. The van der Waals surface area contributed by atoms with Gasteiger partial charge in [0.1, 0.15) is 12.9 Å². The van der Waals surface area contributed by atoms with E-state index in [1.54, 1.807) is 6.33 Å². The van der Waals surface area contributed by atoms with Crippen molar-refractivity contribution in [3.63, 3.8) is 0 Å². The molecule has 0 radical (unpaired) electrons. The number of benzene rings is 1. The zero-order valence-electron chi connectivity index (χ0n) is 16.2. The molecule has 150 valence electrons. The van der Waals surface area contributed by atoms with Gasteiger partial charge in [-0.05, 0) is 31.9 Å². The van der Waals surface area contributed by atoms with Crippen LogP contribution in [0.4, 0.5) is 0 Å². The molecule has 0 aliphatic carbocycles.